The fourth-order valence-corrected chi connectivity index (χ4v) is 2.17. The van der Waals surface area contributed by atoms with Crippen LogP contribution in [0.25, 0.3) is 0 Å². The second-order valence-corrected chi connectivity index (χ2v) is 4.45. The summed E-state index contributed by atoms with van der Waals surface area (Å²) in [6, 6.07) is 12.0. The number of hydrogen-bond donors (Lipinski definition) is 2. The molecule has 2 N–H and O–H groups in total. The molecule has 2 atom stereocenters. The lowest BCUT2D eigenvalue weighted by atomic mass is 10.0. The minimum absolute atomic E-state index is 0.611. The molecule has 0 amide bonds. The standard InChI is InChI=1S/C13H20N2/c1-11-9-14-10-13(15-11)8-7-12-5-3-2-4-6-12/h2-6,11,13-15H,7-10H2,1H3/t11-,13+/m0/s1. The van der Waals surface area contributed by atoms with Crippen LogP contribution in [0.4, 0.5) is 0 Å². The fraction of sp³-hybridized carbons (Fsp3) is 0.538. The zero-order valence-corrected chi connectivity index (χ0v) is 9.37. The number of rotatable bonds is 3. The molecule has 1 saturated heterocycles. The van der Waals surface area contributed by atoms with Gasteiger partial charge in [0, 0.05) is 25.2 Å². The number of piperazine rings is 1. The normalized spacial score (nSPS) is 26.5. The first-order chi connectivity index (χ1) is 7.34. The molecule has 1 heterocycles. The van der Waals surface area contributed by atoms with Gasteiger partial charge in [0.2, 0.25) is 0 Å². The van der Waals surface area contributed by atoms with E-state index in [2.05, 4.69) is 47.9 Å². The maximum Gasteiger partial charge on any atom is 0.0198 e. The van der Waals surface area contributed by atoms with Gasteiger partial charge in [0.05, 0.1) is 0 Å². The van der Waals surface area contributed by atoms with E-state index in [1.165, 1.54) is 18.4 Å². The molecule has 1 aromatic rings. The molecule has 0 aliphatic carbocycles. The van der Waals surface area contributed by atoms with Gasteiger partial charge in [0.15, 0.2) is 0 Å². The van der Waals surface area contributed by atoms with E-state index in [0.29, 0.717) is 12.1 Å². The molecule has 0 aromatic heterocycles. The summed E-state index contributed by atoms with van der Waals surface area (Å²) in [7, 11) is 0. The van der Waals surface area contributed by atoms with Crippen LogP contribution < -0.4 is 10.6 Å². The van der Waals surface area contributed by atoms with Crippen molar-refractivity contribution >= 4 is 0 Å². The van der Waals surface area contributed by atoms with Crippen LogP contribution in [-0.4, -0.2) is 25.2 Å². The molecule has 1 aromatic carbocycles. The van der Waals surface area contributed by atoms with Crippen LogP contribution in [0.5, 0.6) is 0 Å². The second kappa shape index (κ2) is 5.29. The third-order valence-electron chi connectivity index (χ3n) is 2.99. The highest BCUT2D eigenvalue weighted by Crippen LogP contribution is 2.06. The van der Waals surface area contributed by atoms with E-state index in [-0.39, 0.29) is 0 Å². The first-order valence-electron chi connectivity index (χ1n) is 5.85. The summed E-state index contributed by atoms with van der Waals surface area (Å²) in [6.07, 6.45) is 2.40. The van der Waals surface area contributed by atoms with Crippen molar-refractivity contribution in [3.05, 3.63) is 35.9 Å². The quantitative estimate of drug-likeness (QED) is 0.781. The lowest BCUT2D eigenvalue weighted by Crippen LogP contribution is -2.53. The van der Waals surface area contributed by atoms with Crippen molar-refractivity contribution in [1.82, 2.24) is 10.6 Å². The van der Waals surface area contributed by atoms with Crippen LogP contribution in [0.3, 0.4) is 0 Å². The van der Waals surface area contributed by atoms with Gasteiger partial charge >= 0.3 is 0 Å². The van der Waals surface area contributed by atoms with Crippen molar-refractivity contribution in [1.29, 1.82) is 0 Å². The van der Waals surface area contributed by atoms with Gasteiger partial charge in [0.25, 0.3) is 0 Å². The van der Waals surface area contributed by atoms with Crippen molar-refractivity contribution in [2.45, 2.75) is 31.8 Å². The molecule has 2 rings (SSSR count). The molecule has 1 aliphatic rings. The highest BCUT2D eigenvalue weighted by atomic mass is 15.1. The van der Waals surface area contributed by atoms with Crippen molar-refractivity contribution < 1.29 is 0 Å². The molecule has 2 heteroatoms. The molecule has 0 radical (unpaired) electrons. The molecular weight excluding hydrogens is 184 g/mol. The minimum atomic E-state index is 0.611. The van der Waals surface area contributed by atoms with Gasteiger partial charge in [-0.3, -0.25) is 0 Å². The third-order valence-corrected chi connectivity index (χ3v) is 2.99. The zero-order chi connectivity index (χ0) is 10.5. The predicted octanol–water partition coefficient (Wildman–Crippen LogP) is 1.57. The van der Waals surface area contributed by atoms with E-state index in [4.69, 9.17) is 0 Å². The Hall–Kier alpha value is -0.860. The highest BCUT2D eigenvalue weighted by Gasteiger charge is 2.16. The molecule has 2 nitrogen and oxygen atoms in total. The molecular formula is C13H20N2. The third kappa shape index (κ3) is 3.33. The maximum atomic E-state index is 3.62. The highest BCUT2D eigenvalue weighted by molar-refractivity contribution is 5.14. The average Bonchev–Trinajstić information content (AvgIpc) is 2.28. The Balaban J connectivity index is 1.78. The van der Waals surface area contributed by atoms with Crippen LogP contribution in [0.1, 0.15) is 18.9 Å². The Morgan fingerprint density at radius 2 is 2.00 bits per heavy atom. The molecule has 15 heavy (non-hydrogen) atoms. The maximum absolute atomic E-state index is 3.62. The van der Waals surface area contributed by atoms with E-state index >= 15 is 0 Å². The number of benzene rings is 1. The van der Waals surface area contributed by atoms with E-state index in [0.717, 1.165) is 13.1 Å². The van der Waals surface area contributed by atoms with Gasteiger partial charge < -0.3 is 10.6 Å². The van der Waals surface area contributed by atoms with Gasteiger partial charge in [-0.25, -0.2) is 0 Å². The topological polar surface area (TPSA) is 24.1 Å². The minimum Gasteiger partial charge on any atom is -0.314 e. The Morgan fingerprint density at radius 3 is 2.73 bits per heavy atom. The molecule has 0 unspecified atom stereocenters. The lowest BCUT2D eigenvalue weighted by molar-refractivity contribution is 0.340. The second-order valence-electron chi connectivity index (χ2n) is 4.45. The molecule has 82 valence electrons. The van der Waals surface area contributed by atoms with Gasteiger partial charge in [-0.2, -0.15) is 0 Å². The van der Waals surface area contributed by atoms with Gasteiger partial charge in [-0.05, 0) is 25.3 Å². The van der Waals surface area contributed by atoms with E-state index in [1.54, 1.807) is 0 Å². The Bertz CT molecular complexity index is 284. The first kappa shape index (κ1) is 10.7. The smallest absolute Gasteiger partial charge is 0.0198 e. The van der Waals surface area contributed by atoms with Crippen LogP contribution in [-0.2, 0) is 6.42 Å². The summed E-state index contributed by atoms with van der Waals surface area (Å²) in [4.78, 5) is 0. The van der Waals surface area contributed by atoms with Gasteiger partial charge in [0.1, 0.15) is 0 Å². The molecule has 0 saturated carbocycles. The summed E-state index contributed by atoms with van der Waals surface area (Å²) >= 11 is 0. The average molecular weight is 204 g/mol. The Morgan fingerprint density at radius 1 is 1.20 bits per heavy atom. The largest absolute Gasteiger partial charge is 0.314 e. The van der Waals surface area contributed by atoms with Crippen LogP contribution in [0.15, 0.2) is 30.3 Å². The monoisotopic (exact) mass is 204 g/mol. The number of hydrogen-bond acceptors (Lipinski definition) is 2. The summed E-state index contributed by atoms with van der Waals surface area (Å²) in [5, 5.41) is 7.08. The Kier molecular flexibility index (Phi) is 3.75. The summed E-state index contributed by atoms with van der Waals surface area (Å²) in [6.45, 7) is 4.45. The van der Waals surface area contributed by atoms with Crippen LogP contribution in [0, 0.1) is 0 Å². The van der Waals surface area contributed by atoms with E-state index in [9.17, 15) is 0 Å². The van der Waals surface area contributed by atoms with Crippen molar-refractivity contribution in [3.8, 4) is 0 Å². The fourth-order valence-electron chi connectivity index (χ4n) is 2.17. The first-order valence-corrected chi connectivity index (χ1v) is 5.85. The number of nitrogens with one attached hydrogen (secondary N) is 2. The lowest BCUT2D eigenvalue weighted by Gasteiger charge is -2.29. The SMILES string of the molecule is C[C@H]1CNC[C@@H](CCc2ccccc2)N1. The van der Waals surface area contributed by atoms with Crippen molar-refractivity contribution in [2.24, 2.45) is 0 Å². The number of aryl methyl sites for hydroxylation is 1. The van der Waals surface area contributed by atoms with Crippen molar-refractivity contribution in [3.63, 3.8) is 0 Å². The van der Waals surface area contributed by atoms with E-state index in [1.807, 2.05) is 0 Å². The Labute approximate surface area is 92.1 Å². The van der Waals surface area contributed by atoms with Crippen molar-refractivity contribution in [2.75, 3.05) is 13.1 Å². The van der Waals surface area contributed by atoms with Crippen LogP contribution in [0.2, 0.25) is 0 Å². The molecule has 0 spiro atoms. The van der Waals surface area contributed by atoms with Gasteiger partial charge in [-0.1, -0.05) is 30.3 Å². The molecule has 1 aliphatic heterocycles. The molecule has 0 bridgehead atoms. The summed E-state index contributed by atoms with van der Waals surface area (Å²) in [5.74, 6) is 0. The van der Waals surface area contributed by atoms with E-state index < -0.39 is 0 Å². The predicted molar refractivity (Wildman–Crippen MR) is 64.0 cm³/mol. The summed E-state index contributed by atoms with van der Waals surface area (Å²) in [5.41, 5.74) is 1.44. The van der Waals surface area contributed by atoms with Crippen LogP contribution >= 0.6 is 0 Å². The zero-order valence-electron chi connectivity index (χ0n) is 9.37. The summed E-state index contributed by atoms with van der Waals surface area (Å²) < 4.78 is 0. The molecule has 1 fully saturated rings. The van der Waals surface area contributed by atoms with Gasteiger partial charge in [-0.15, -0.1) is 0 Å².